The van der Waals surface area contributed by atoms with Gasteiger partial charge in [-0.1, -0.05) is 48.5 Å². The van der Waals surface area contributed by atoms with Crippen molar-refractivity contribution in [3.05, 3.63) is 70.8 Å². The molecule has 0 aromatic heterocycles. The molecule has 0 spiro atoms. The van der Waals surface area contributed by atoms with Crippen LogP contribution < -0.4 is 5.73 Å². The zero-order chi connectivity index (χ0) is 14.9. The lowest BCUT2D eigenvalue weighted by molar-refractivity contribution is 0.305. The van der Waals surface area contributed by atoms with Crippen LogP contribution in [0, 0.1) is 13.8 Å². The van der Waals surface area contributed by atoms with E-state index >= 15 is 0 Å². The first-order valence-electron chi connectivity index (χ1n) is 7.70. The Bertz CT molecular complexity index is 621. The minimum atomic E-state index is -0.201. The van der Waals surface area contributed by atoms with Gasteiger partial charge in [-0.05, 0) is 42.5 Å². The van der Waals surface area contributed by atoms with Crippen LogP contribution in [0.1, 0.15) is 28.7 Å². The number of rotatable bonds is 3. The summed E-state index contributed by atoms with van der Waals surface area (Å²) in [5.74, 6) is 0. The number of benzene rings is 2. The van der Waals surface area contributed by atoms with Crippen molar-refractivity contribution in [2.24, 2.45) is 5.73 Å². The summed E-state index contributed by atoms with van der Waals surface area (Å²) in [6.45, 7) is 7.31. The van der Waals surface area contributed by atoms with Gasteiger partial charge in [0.1, 0.15) is 0 Å². The molecule has 0 aliphatic carbocycles. The van der Waals surface area contributed by atoms with Crippen LogP contribution in [0.5, 0.6) is 0 Å². The van der Waals surface area contributed by atoms with E-state index in [9.17, 15) is 0 Å². The van der Waals surface area contributed by atoms with Crippen LogP contribution in [0.2, 0.25) is 0 Å². The Morgan fingerprint density at radius 1 is 1.05 bits per heavy atom. The first-order valence-corrected chi connectivity index (χ1v) is 7.70. The molecule has 110 valence electrons. The van der Waals surface area contributed by atoms with E-state index in [4.69, 9.17) is 5.73 Å². The van der Waals surface area contributed by atoms with Crippen LogP contribution in [0.4, 0.5) is 0 Å². The van der Waals surface area contributed by atoms with Gasteiger partial charge >= 0.3 is 0 Å². The quantitative estimate of drug-likeness (QED) is 0.934. The number of hydrogen-bond donors (Lipinski definition) is 1. The monoisotopic (exact) mass is 280 g/mol. The van der Waals surface area contributed by atoms with E-state index in [1.54, 1.807) is 0 Å². The molecule has 21 heavy (non-hydrogen) atoms. The van der Waals surface area contributed by atoms with Crippen LogP contribution in [0.15, 0.2) is 48.5 Å². The topological polar surface area (TPSA) is 29.3 Å². The first kappa shape index (κ1) is 14.3. The van der Waals surface area contributed by atoms with Crippen molar-refractivity contribution in [2.45, 2.75) is 32.4 Å². The van der Waals surface area contributed by atoms with Crippen molar-refractivity contribution in [3.8, 4) is 0 Å². The summed E-state index contributed by atoms with van der Waals surface area (Å²) in [5, 5.41) is 0. The number of hydrogen-bond acceptors (Lipinski definition) is 2. The second kappa shape index (κ2) is 5.63. The van der Waals surface area contributed by atoms with E-state index < -0.39 is 0 Å². The highest BCUT2D eigenvalue weighted by molar-refractivity contribution is 5.35. The maximum atomic E-state index is 6.70. The van der Waals surface area contributed by atoms with Gasteiger partial charge in [-0.2, -0.15) is 0 Å². The van der Waals surface area contributed by atoms with Crippen LogP contribution in [-0.4, -0.2) is 18.0 Å². The average molecular weight is 280 g/mol. The fraction of sp³-hybridized carbons (Fsp3) is 0.368. The Labute approximate surface area is 127 Å². The number of aryl methyl sites for hydroxylation is 2. The molecule has 2 aromatic rings. The molecule has 3 rings (SSSR count). The van der Waals surface area contributed by atoms with Gasteiger partial charge in [-0.25, -0.2) is 0 Å². The van der Waals surface area contributed by atoms with Gasteiger partial charge in [-0.3, -0.25) is 4.90 Å². The fourth-order valence-corrected chi connectivity index (χ4v) is 3.18. The molecule has 1 fully saturated rings. The Hall–Kier alpha value is -1.64. The maximum absolute atomic E-state index is 6.70. The van der Waals surface area contributed by atoms with Gasteiger partial charge in [0, 0.05) is 19.6 Å². The lowest BCUT2D eigenvalue weighted by Gasteiger charge is -2.26. The summed E-state index contributed by atoms with van der Waals surface area (Å²) in [6.07, 6.45) is 1.03. The number of likely N-dealkylation sites (tertiary alicyclic amines) is 1. The molecule has 1 heterocycles. The smallest absolute Gasteiger partial charge is 0.0551 e. The van der Waals surface area contributed by atoms with Crippen molar-refractivity contribution < 1.29 is 0 Å². The van der Waals surface area contributed by atoms with E-state index in [1.807, 2.05) is 0 Å². The summed E-state index contributed by atoms with van der Waals surface area (Å²) in [4.78, 5) is 2.46. The van der Waals surface area contributed by atoms with Crippen LogP contribution in [0.3, 0.4) is 0 Å². The lowest BCUT2D eigenvalue weighted by atomic mass is 9.88. The third-order valence-electron chi connectivity index (χ3n) is 4.71. The van der Waals surface area contributed by atoms with Gasteiger partial charge in [0.25, 0.3) is 0 Å². The van der Waals surface area contributed by atoms with Crippen LogP contribution >= 0.6 is 0 Å². The third kappa shape index (κ3) is 3.02. The molecule has 2 heteroatoms. The summed E-state index contributed by atoms with van der Waals surface area (Å²) in [7, 11) is 0. The average Bonchev–Trinajstić information content (AvgIpc) is 2.85. The Kier molecular flexibility index (Phi) is 3.83. The molecule has 1 saturated heterocycles. The molecule has 0 bridgehead atoms. The van der Waals surface area contributed by atoms with E-state index in [-0.39, 0.29) is 5.54 Å². The minimum Gasteiger partial charge on any atom is -0.320 e. The summed E-state index contributed by atoms with van der Waals surface area (Å²) < 4.78 is 0. The molecule has 2 nitrogen and oxygen atoms in total. The molecule has 0 amide bonds. The number of nitrogens with two attached hydrogens (primary N) is 1. The molecular weight excluding hydrogens is 256 g/mol. The standard InChI is InChI=1S/C19H24N2/c1-15-8-9-18(12-16(15)2)19(20)10-11-21(14-19)13-17-6-4-3-5-7-17/h3-9,12H,10-11,13-14,20H2,1-2H3. The Balaban J connectivity index is 1.74. The lowest BCUT2D eigenvalue weighted by Crippen LogP contribution is -2.39. The SMILES string of the molecule is Cc1ccc(C2(N)CCN(Cc3ccccc3)C2)cc1C. The van der Waals surface area contributed by atoms with Gasteiger partial charge < -0.3 is 5.73 Å². The highest BCUT2D eigenvalue weighted by atomic mass is 15.2. The predicted molar refractivity (Wildman–Crippen MR) is 88.1 cm³/mol. The highest BCUT2D eigenvalue weighted by Gasteiger charge is 2.35. The van der Waals surface area contributed by atoms with Crippen LogP contribution in [0.25, 0.3) is 0 Å². The number of nitrogens with zero attached hydrogens (tertiary/aromatic N) is 1. The van der Waals surface area contributed by atoms with Crippen molar-refractivity contribution in [1.29, 1.82) is 0 Å². The maximum Gasteiger partial charge on any atom is 0.0551 e. The molecule has 1 aliphatic heterocycles. The molecular formula is C19H24N2. The largest absolute Gasteiger partial charge is 0.320 e. The van der Waals surface area contributed by atoms with Crippen molar-refractivity contribution >= 4 is 0 Å². The summed E-state index contributed by atoms with van der Waals surface area (Å²) in [6, 6.07) is 17.3. The Morgan fingerprint density at radius 3 is 2.52 bits per heavy atom. The van der Waals surface area contributed by atoms with E-state index in [1.165, 1.54) is 22.3 Å². The van der Waals surface area contributed by atoms with Crippen molar-refractivity contribution in [3.63, 3.8) is 0 Å². The van der Waals surface area contributed by atoms with Gasteiger partial charge in [0.2, 0.25) is 0 Å². The van der Waals surface area contributed by atoms with Crippen molar-refractivity contribution in [2.75, 3.05) is 13.1 Å². The van der Waals surface area contributed by atoms with Gasteiger partial charge in [0.15, 0.2) is 0 Å². The third-order valence-corrected chi connectivity index (χ3v) is 4.71. The molecule has 0 saturated carbocycles. The van der Waals surface area contributed by atoms with Gasteiger partial charge in [0.05, 0.1) is 5.54 Å². The zero-order valence-corrected chi connectivity index (χ0v) is 13.0. The van der Waals surface area contributed by atoms with E-state index in [0.29, 0.717) is 0 Å². The van der Waals surface area contributed by atoms with E-state index in [2.05, 4.69) is 67.3 Å². The molecule has 2 N–H and O–H groups in total. The normalized spacial score (nSPS) is 22.6. The first-order chi connectivity index (χ1) is 10.1. The predicted octanol–water partition coefficient (Wildman–Crippen LogP) is 3.36. The Morgan fingerprint density at radius 2 is 1.81 bits per heavy atom. The molecule has 2 aromatic carbocycles. The molecule has 1 aliphatic rings. The van der Waals surface area contributed by atoms with Crippen LogP contribution in [-0.2, 0) is 12.1 Å². The van der Waals surface area contributed by atoms with Crippen molar-refractivity contribution in [1.82, 2.24) is 4.90 Å². The molecule has 0 radical (unpaired) electrons. The summed E-state index contributed by atoms with van der Waals surface area (Å²) >= 11 is 0. The second-order valence-electron chi connectivity index (χ2n) is 6.40. The molecule has 1 atom stereocenters. The highest BCUT2D eigenvalue weighted by Crippen LogP contribution is 2.31. The molecule has 1 unspecified atom stereocenters. The minimum absolute atomic E-state index is 0.201. The summed E-state index contributed by atoms with van der Waals surface area (Å²) in [5.41, 5.74) is 11.8. The fourth-order valence-electron chi connectivity index (χ4n) is 3.18. The van der Waals surface area contributed by atoms with E-state index in [0.717, 1.165) is 26.1 Å². The van der Waals surface area contributed by atoms with Gasteiger partial charge in [-0.15, -0.1) is 0 Å². The zero-order valence-electron chi connectivity index (χ0n) is 13.0. The second-order valence-corrected chi connectivity index (χ2v) is 6.40.